The molecule has 2 heteroatoms. The summed E-state index contributed by atoms with van der Waals surface area (Å²) in [6.45, 7) is 2.33. The van der Waals surface area contributed by atoms with E-state index >= 15 is 0 Å². The van der Waals surface area contributed by atoms with Gasteiger partial charge in [-0.1, -0.05) is 36.4 Å². The number of anilines is 1. The second-order valence-electron chi connectivity index (χ2n) is 5.20. The predicted molar refractivity (Wildman–Crippen MR) is 86.2 cm³/mol. The Morgan fingerprint density at radius 1 is 0.800 bits per heavy atom. The van der Waals surface area contributed by atoms with Crippen molar-refractivity contribution in [1.82, 2.24) is 0 Å². The first-order chi connectivity index (χ1) is 9.93. The van der Waals surface area contributed by atoms with Gasteiger partial charge in [0.15, 0.2) is 0 Å². The van der Waals surface area contributed by atoms with Crippen LogP contribution in [0.25, 0.3) is 0 Å². The van der Waals surface area contributed by atoms with Crippen LogP contribution in [0.5, 0.6) is 0 Å². The summed E-state index contributed by atoms with van der Waals surface area (Å²) < 4.78 is 0. The Labute approximate surface area is 120 Å². The average Bonchev–Trinajstić information content (AvgIpc) is 2.55. The highest BCUT2D eigenvalue weighted by molar-refractivity contribution is 5.89. The van der Waals surface area contributed by atoms with Crippen LogP contribution in [0.4, 0.5) is 11.4 Å². The Balaban J connectivity index is 1.84. The molecular formula is C18H20N2. The SMILES string of the molecule is C(=Nc1ccccc1)c1ccccc1N1CCCCC1. The molecule has 102 valence electrons. The first-order valence-electron chi connectivity index (χ1n) is 7.36. The van der Waals surface area contributed by atoms with E-state index in [-0.39, 0.29) is 0 Å². The van der Waals surface area contributed by atoms with Crippen LogP contribution in [0.15, 0.2) is 59.6 Å². The molecule has 3 rings (SSSR count). The summed E-state index contributed by atoms with van der Waals surface area (Å²) in [4.78, 5) is 7.06. The molecule has 1 heterocycles. The molecule has 0 aliphatic carbocycles. The minimum atomic E-state index is 1.00. The second-order valence-corrected chi connectivity index (χ2v) is 5.20. The molecule has 2 aromatic carbocycles. The molecule has 0 saturated carbocycles. The maximum atomic E-state index is 4.58. The lowest BCUT2D eigenvalue weighted by molar-refractivity contribution is 0.578. The fraction of sp³-hybridized carbons (Fsp3) is 0.278. The third-order valence-corrected chi connectivity index (χ3v) is 3.74. The van der Waals surface area contributed by atoms with Gasteiger partial charge in [0, 0.05) is 30.6 Å². The summed E-state index contributed by atoms with van der Waals surface area (Å²) in [7, 11) is 0. The topological polar surface area (TPSA) is 15.6 Å². The third kappa shape index (κ3) is 3.08. The zero-order valence-corrected chi connectivity index (χ0v) is 11.7. The van der Waals surface area contributed by atoms with Crippen molar-refractivity contribution < 1.29 is 0 Å². The van der Waals surface area contributed by atoms with E-state index in [1.54, 1.807) is 0 Å². The summed E-state index contributed by atoms with van der Waals surface area (Å²) in [6.07, 6.45) is 5.93. The van der Waals surface area contributed by atoms with Crippen LogP contribution in [0.1, 0.15) is 24.8 Å². The molecule has 20 heavy (non-hydrogen) atoms. The molecule has 1 fully saturated rings. The Kier molecular flexibility index (Phi) is 4.12. The summed E-state index contributed by atoms with van der Waals surface area (Å²) in [6, 6.07) is 18.7. The smallest absolute Gasteiger partial charge is 0.0629 e. The maximum Gasteiger partial charge on any atom is 0.0629 e. The number of nitrogens with zero attached hydrogens (tertiary/aromatic N) is 2. The van der Waals surface area contributed by atoms with Crippen molar-refractivity contribution in [3.8, 4) is 0 Å². The minimum absolute atomic E-state index is 1.00. The van der Waals surface area contributed by atoms with E-state index in [1.807, 2.05) is 36.5 Å². The number of piperidine rings is 1. The molecule has 2 nitrogen and oxygen atoms in total. The van der Waals surface area contributed by atoms with Gasteiger partial charge in [0.2, 0.25) is 0 Å². The van der Waals surface area contributed by atoms with Crippen LogP contribution in [0.2, 0.25) is 0 Å². The van der Waals surface area contributed by atoms with Crippen molar-refractivity contribution in [3.63, 3.8) is 0 Å². The van der Waals surface area contributed by atoms with E-state index in [9.17, 15) is 0 Å². The quantitative estimate of drug-likeness (QED) is 0.749. The van der Waals surface area contributed by atoms with Gasteiger partial charge in [-0.15, -0.1) is 0 Å². The van der Waals surface area contributed by atoms with Crippen LogP contribution in [-0.4, -0.2) is 19.3 Å². The average molecular weight is 264 g/mol. The van der Waals surface area contributed by atoms with Crippen LogP contribution in [0, 0.1) is 0 Å². The van der Waals surface area contributed by atoms with Gasteiger partial charge in [-0.05, 0) is 37.5 Å². The van der Waals surface area contributed by atoms with Crippen molar-refractivity contribution in [2.75, 3.05) is 18.0 Å². The molecule has 0 atom stereocenters. The first-order valence-corrected chi connectivity index (χ1v) is 7.36. The van der Waals surface area contributed by atoms with Crippen LogP contribution in [0.3, 0.4) is 0 Å². The van der Waals surface area contributed by atoms with Crippen molar-refractivity contribution in [2.24, 2.45) is 4.99 Å². The standard InChI is InChI=1S/C18H20N2/c1-3-10-17(11-4-1)19-15-16-9-5-6-12-18(16)20-13-7-2-8-14-20/h1,3-6,9-12,15H,2,7-8,13-14H2. The molecule has 2 aromatic rings. The molecule has 0 N–H and O–H groups in total. The van der Waals surface area contributed by atoms with Gasteiger partial charge in [-0.25, -0.2) is 0 Å². The van der Waals surface area contributed by atoms with Crippen molar-refractivity contribution in [2.45, 2.75) is 19.3 Å². The molecule has 1 aliphatic heterocycles. The summed E-state index contributed by atoms with van der Waals surface area (Å²) in [5, 5.41) is 0. The predicted octanol–water partition coefficient (Wildman–Crippen LogP) is 4.43. The fourth-order valence-electron chi connectivity index (χ4n) is 2.68. The normalized spacial score (nSPS) is 15.7. The van der Waals surface area contributed by atoms with Gasteiger partial charge in [-0.2, -0.15) is 0 Å². The summed E-state index contributed by atoms with van der Waals surface area (Å²) in [5.41, 5.74) is 3.52. The third-order valence-electron chi connectivity index (χ3n) is 3.74. The Morgan fingerprint density at radius 2 is 1.50 bits per heavy atom. The van der Waals surface area contributed by atoms with E-state index < -0.39 is 0 Å². The van der Waals surface area contributed by atoms with E-state index in [1.165, 1.54) is 30.5 Å². The highest BCUT2D eigenvalue weighted by atomic mass is 15.1. The molecule has 0 radical (unpaired) electrons. The molecule has 0 spiro atoms. The number of hydrogen-bond acceptors (Lipinski definition) is 2. The van der Waals surface area contributed by atoms with Crippen molar-refractivity contribution in [1.29, 1.82) is 0 Å². The number of rotatable bonds is 3. The zero-order valence-electron chi connectivity index (χ0n) is 11.7. The van der Waals surface area contributed by atoms with Gasteiger partial charge in [0.25, 0.3) is 0 Å². The largest absolute Gasteiger partial charge is 0.371 e. The molecule has 1 aliphatic rings. The van der Waals surface area contributed by atoms with Gasteiger partial charge >= 0.3 is 0 Å². The summed E-state index contributed by atoms with van der Waals surface area (Å²) in [5.74, 6) is 0. The maximum absolute atomic E-state index is 4.58. The van der Waals surface area contributed by atoms with Crippen LogP contribution >= 0.6 is 0 Å². The number of benzene rings is 2. The second kappa shape index (κ2) is 6.38. The highest BCUT2D eigenvalue weighted by Crippen LogP contribution is 2.23. The number of para-hydroxylation sites is 2. The lowest BCUT2D eigenvalue weighted by Gasteiger charge is -2.30. The van der Waals surface area contributed by atoms with E-state index in [0.29, 0.717) is 0 Å². The molecule has 0 amide bonds. The molecule has 0 aromatic heterocycles. The van der Waals surface area contributed by atoms with Crippen LogP contribution < -0.4 is 4.90 Å². The van der Waals surface area contributed by atoms with Gasteiger partial charge in [-0.3, -0.25) is 4.99 Å². The lowest BCUT2D eigenvalue weighted by Crippen LogP contribution is -2.30. The Morgan fingerprint density at radius 3 is 2.30 bits per heavy atom. The molecule has 0 bridgehead atoms. The van der Waals surface area contributed by atoms with Crippen molar-refractivity contribution >= 4 is 17.6 Å². The lowest BCUT2D eigenvalue weighted by atomic mass is 10.1. The van der Waals surface area contributed by atoms with Gasteiger partial charge < -0.3 is 4.90 Å². The van der Waals surface area contributed by atoms with Crippen molar-refractivity contribution in [3.05, 3.63) is 60.2 Å². The minimum Gasteiger partial charge on any atom is -0.371 e. The Bertz CT molecular complexity index is 569. The zero-order chi connectivity index (χ0) is 13.6. The summed E-state index contributed by atoms with van der Waals surface area (Å²) >= 11 is 0. The van der Waals surface area contributed by atoms with Gasteiger partial charge in [0.1, 0.15) is 0 Å². The van der Waals surface area contributed by atoms with E-state index in [2.05, 4.69) is 34.2 Å². The molecule has 0 unspecified atom stereocenters. The van der Waals surface area contributed by atoms with E-state index in [4.69, 9.17) is 0 Å². The highest BCUT2D eigenvalue weighted by Gasteiger charge is 2.12. The Hall–Kier alpha value is -2.09. The monoisotopic (exact) mass is 264 g/mol. The van der Waals surface area contributed by atoms with Crippen LogP contribution in [-0.2, 0) is 0 Å². The number of hydrogen-bond donors (Lipinski definition) is 0. The molecule has 1 saturated heterocycles. The first kappa shape index (κ1) is 12.9. The fourth-order valence-corrected chi connectivity index (χ4v) is 2.68. The van der Waals surface area contributed by atoms with Gasteiger partial charge in [0.05, 0.1) is 5.69 Å². The number of aliphatic imine (C=N–C) groups is 1. The van der Waals surface area contributed by atoms with E-state index in [0.717, 1.165) is 18.8 Å². The molecular weight excluding hydrogens is 244 g/mol.